The quantitative estimate of drug-likeness (QED) is 0.727. The van der Waals surface area contributed by atoms with Crippen molar-refractivity contribution in [2.75, 3.05) is 33.3 Å². The lowest BCUT2D eigenvalue weighted by molar-refractivity contribution is 0.0310. The van der Waals surface area contributed by atoms with Gasteiger partial charge in [-0.2, -0.15) is 0 Å². The van der Waals surface area contributed by atoms with E-state index < -0.39 is 0 Å². The molecule has 1 unspecified atom stereocenters. The van der Waals surface area contributed by atoms with E-state index in [2.05, 4.69) is 31.0 Å². The van der Waals surface area contributed by atoms with Crippen molar-refractivity contribution >= 4 is 0 Å². The highest BCUT2D eigenvalue weighted by atomic mass is 16.5. The fourth-order valence-electron chi connectivity index (χ4n) is 2.17. The number of piperidine rings is 1. The summed E-state index contributed by atoms with van der Waals surface area (Å²) in [5.74, 6) is 0. The third-order valence-corrected chi connectivity index (χ3v) is 3.10. The van der Waals surface area contributed by atoms with Crippen molar-refractivity contribution in [3.05, 3.63) is 0 Å². The van der Waals surface area contributed by atoms with Crippen LogP contribution in [0.15, 0.2) is 0 Å². The van der Waals surface area contributed by atoms with Gasteiger partial charge < -0.3 is 15.0 Å². The van der Waals surface area contributed by atoms with Gasteiger partial charge in [-0.05, 0) is 59.7 Å². The summed E-state index contributed by atoms with van der Waals surface area (Å²) in [6.45, 7) is 11.3. The maximum Gasteiger partial charge on any atom is 0.0698 e. The Morgan fingerprint density at radius 3 is 2.75 bits per heavy atom. The molecule has 16 heavy (non-hydrogen) atoms. The number of methoxy groups -OCH3 is 1. The van der Waals surface area contributed by atoms with Gasteiger partial charge in [0.15, 0.2) is 0 Å². The van der Waals surface area contributed by atoms with E-state index in [9.17, 15) is 0 Å². The first-order valence-electron chi connectivity index (χ1n) is 6.51. The summed E-state index contributed by atoms with van der Waals surface area (Å²) < 4.78 is 5.42. The molecule has 1 aliphatic heterocycles. The Balaban J connectivity index is 2.08. The molecule has 1 rings (SSSR count). The van der Waals surface area contributed by atoms with E-state index in [4.69, 9.17) is 4.74 Å². The Morgan fingerprint density at radius 1 is 1.38 bits per heavy atom. The van der Waals surface area contributed by atoms with Gasteiger partial charge >= 0.3 is 0 Å². The molecule has 0 aromatic carbocycles. The van der Waals surface area contributed by atoms with E-state index in [0.29, 0.717) is 6.10 Å². The summed E-state index contributed by atoms with van der Waals surface area (Å²) in [6, 6.07) is 0. The van der Waals surface area contributed by atoms with Crippen LogP contribution in [0, 0.1) is 0 Å². The maximum absolute atomic E-state index is 5.42. The number of nitrogens with zero attached hydrogens (tertiary/aromatic N) is 1. The first-order chi connectivity index (χ1) is 7.51. The normalized spacial score (nSPS) is 23.6. The molecule has 1 atom stereocenters. The van der Waals surface area contributed by atoms with Crippen LogP contribution >= 0.6 is 0 Å². The van der Waals surface area contributed by atoms with Crippen LogP contribution in [-0.2, 0) is 4.74 Å². The summed E-state index contributed by atoms with van der Waals surface area (Å²) in [4.78, 5) is 2.53. The Kier molecular flexibility index (Phi) is 5.73. The van der Waals surface area contributed by atoms with Crippen molar-refractivity contribution in [3.63, 3.8) is 0 Å². The molecule has 0 amide bonds. The number of rotatable bonds is 5. The minimum Gasteiger partial charge on any atom is -0.380 e. The Bertz CT molecular complexity index is 189. The fourth-order valence-corrected chi connectivity index (χ4v) is 2.17. The minimum atomic E-state index is 0.247. The topological polar surface area (TPSA) is 24.5 Å². The van der Waals surface area contributed by atoms with E-state index in [1.807, 2.05) is 7.11 Å². The largest absolute Gasteiger partial charge is 0.380 e. The van der Waals surface area contributed by atoms with Crippen LogP contribution in [0.5, 0.6) is 0 Å². The first-order valence-corrected chi connectivity index (χ1v) is 6.51. The summed E-state index contributed by atoms with van der Waals surface area (Å²) in [5.41, 5.74) is 0.247. The van der Waals surface area contributed by atoms with Crippen molar-refractivity contribution in [2.45, 2.75) is 51.7 Å². The molecular formula is C13H28N2O. The van der Waals surface area contributed by atoms with Gasteiger partial charge in [-0.1, -0.05) is 0 Å². The smallest absolute Gasteiger partial charge is 0.0698 e. The van der Waals surface area contributed by atoms with Gasteiger partial charge in [-0.25, -0.2) is 0 Å². The molecule has 3 nitrogen and oxygen atoms in total. The van der Waals surface area contributed by atoms with Crippen molar-refractivity contribution in [2.24, 2.45) is 0 Å². The van der Waals surface area contributed by atoms with Crippen LogP contribution in [0.1, 0.15) is 40.0 Å². The lowest BCUT2D eigenvalue weighted by atomic mass is 10.1. The van der Waals surface area contributed by atoms with Crippen molar-refractivity contribution in [3.8, 4) is 0 Å². The Labute approximate surface area is 101 Å². The predicted molar refractivity (Wildman–Crippen MR) is 68.8 cm³/mol. The highest BCUT2D eigenvalue weighted by molar-refractivity contribution is 4.74. The molecule has 1 aliphatic rings. The monoisotopic (exact) mass is 228 g/mol. The van der Waals surface area contributed by atoms with Gasteiger partial charge in [-0.15, -0.1) is 0 Å². The molecule has 0 aromatic heterocycles. The van der Waals surface area contributed by atoms with Crippen LogP contribution < -0.4 is 5.32 Å². The second-order valence-electron chi connectivity index (χ2n) is 5.83. The number of ether oxygens (including phenoxy) is 1. The number of hydrogen-bond acceptors (Lipinski definition) is 3. The van der Waals surface area contributed by atoms with Crippen molar-refractivity contribution in [1.29, 1.82) is 0 Å². The highest BCUT2D eigenvalue weighted by Gasteiger charge is 2.18. The molecule has 0 bridgehead atoms. The second-order valence-corrected chi connectivity index (χ2v) is 5.83. The first kappa shape index (κ1) is 13.9. The van der Waals surface area contributed by atoms with E-state index >= 15 is 0 Å². The van der Waals surface area contributed by atoms with Gasteiger partial charge in [0.1, 0.15) is 0 Å². The molecule has 1 fully saturated rings. The molecule has 0 radical (unpaired) electrons. The van der Waals surface area contributed by atoms with Crippen LogP contribution in [0.3, 0.4) is 0 Å². The lowest BCUT2D eigenvalue weighted by Gasteiger charge is -2.32. The summed E-state index contributed by atoms with van der Waals surface area (Å²) in [5, 5.41) is 3.53. The molecular weight excluding hydrogens is 200 g/mol. The van der Waals surface area contributed by atoms with Gasteiger partial charge in [-0.3, -0.25) is 0 Å². The van der Waals surface area contributed by atoms with E-state index in [0.717, 1.165) is 13.1 Å². The molecule has 0 aromatic rings. The Morgan fingerprint density at radius 2 is 2.12 bits per heavy atom. The Hall–Kier alpha value is -0.120. The maximum atomic E-state index is 5.42. The van der Waals surface area contributed by atoms with E-state index in [1.165, 1.54) is 32.4 Å². The molecule has 3 heteroatoms. The van der Waals surface area contributed by atoms with Gasteiger partial charge in [0.2, 0.25) is 0 Å². The van der Waals surface area contributed by atoms with Crippen LogP contribution in [0.4, 0.5) is 0 Å². The van der Waals surface area contributed by atoms with Gasteiger partial charge in [0, 0.05) is 19.2 Å². The van der Waals surface area contributed by atoms with Crippen LogP contribution in [-0.4, -0.2) is 49.8 Å². The summed E-state index contributed by atoms with van der Waals surface area (Å²) in [6.07, 6.45) is 4.20. The third kappa shape index (κ3) is 5.83. The fraction of sp³-hybridized carbons (Fsp3) is 1.00. The minimum absolute atomic E-state index is 0.247. The molecule has 1 heterocycles. The average Bonchev–Trinajstić information content (AvgIpc) is 2.23. The third-order valence-electron chi connectivity index (χ3n) is 3.10. The number of hydrogen-bond donors (Lipinski definition) is 1. The zero-order valence-electron chi connectivity index (χ0n) is 11.4. The molecule has 1 saturated heterocycles. The molecule has 96 valence electrons. The highest BCUT2D eigenvalue weighted by Crippen LogP contribution is 2.12. The van der Waals surface area contributed by atoms with Crippen molar-refractivity contribution < 1.29 is 4.74 Å². The van der Waals surface area contributed by atoms with Gasteiger partial charge in [0.25, 0.3) is 0 Å². The zero-order chi connectivity index (χ0) is 12.0. The average molecular weight is 228 g/mol. The number of nitrogens with one attached hydrogen (secondary N) is 1. The molecule has 0 spiro atoms. The summed E-state index contributed by atoms with van der Waals surface area (Å²) >= 11 is 0. The van der Waals surface area contributed by atoms with Gasteiger partial charge in [0.05, 0.1) is 6.10 Å². The summed E-state index contributed by atoms with van der Waals surface area (Å²) in [7, 11) is 1.83. The second kappa shape index (κ2) is 6.58. The van der Waals surface area contributed by atoms with Crippen LogP contribution in [0.25, 0.3) is 0 Å². The predicted octanol–water partition coefficient (Wildman–Crippen LogP) is 1.88. The molecule has 0 aliphatic carbocycles. The van der Waals surface area contributed by atoms with E-state index in [-0.39, 0.29) is 5.54 Å². The zero-order valence-corrected chi connectivity index (χ0v) is 11.4. The SMILES string of the molecule is COC1CCCN(CCCNC(C)(C)C)C1. The molecule has 1 N–H and O–H groups in total. The molecule has 0 saturated carbocycles. The van der Waals surface area contributed by atoms with Crippen LogP contribution in [0.2, 0.25) is 0 Å². The number of likely N-dealkylation sites (tertiary alicyclic amines) is 1. The standard InChI is InChI=1S/C13H28N2O/c1-13(2,3)14-8-6-10-15-9-5-7-12(11-15)16-4/h12,14H,5-11H2,1-4H3. The van der Waals surface area contributed by atoms with Crippen molar-refractivity contribution in [1.82, 2.24) is 10.2 Å². The van der Waals surface area contributed by atoms with E-state index in [1.54, 1.807) is 0 Å². The lowest BCUT2D eigenvalue weighted by Crippen LogP contribution is -2.41.